The summed E-state index contributed by atoms with van der Waals surface area (Å²) in [5.41, 5.74) is 0.505. The lowest BCUT2D eigenvalue weighted by Crippen LogP contribution is -2.30. The summed E-state index contributed by atoms with van der Waals surface area (Å²) in [6, 6.07) is 6.81. The van der Waals surface area contributed by atoms with Crippen LogP contribution in [0.1, 0.15) is 45.9 Å². The van der Waals surface area contributed by atoms with Crippen LogP contribution in [0.5, 0.6) is 0 Å². The molecule has 0 fully saturated rings. The van der Waals surface area contributed by atoms with Gasteiger partial charge in [-0.3, -0.25) is 9.59 Å². The molecule has 0 saturated carbocycles. The summed E-state index contributed by atoms with van der Waals surface area (Å²) in [6.45, 7) is 3.65. The number of thiophene rings is 1. The maximum Gasteiger partial charge on any atom is 0.223 e. The van der Waals surface area contributed by atoms with Gasteiger partial charge in [0.2, 0.25) is 5.91 Å². The largest absolute Gasteiger partial charge is 0.339 e. The van der Waals surface area contributed by atoms with E-state index in [1.54, 1.807) is 20.0 Å². The quantitative estimate of drug-likeness (QED) is 0.718. The Balaban J connectivity index is 1.95. The molecule has 0 aliphatic heterocycles. The molecule has 0 aliphatic rings. The van der Waals surface area contributed by atoms with Crippen LogP contribution in [0.25, 0.3) is 0 Å². The van der Waals surface area contributed by atoms with Gasteiger partial charge in [0.05, 0.1) is 10.9 Å². The molecule has 0 saturated heterocycles. The van der Waals surface area contributed by atoms with E-state index in [9.17, 15) is 18.4 Å². The number of nitrogens with zero attached hydrogens (tertiary/aromatic N) is 1. The SMILES string of the molecule is Cc1ccc(C(=O)CCC(=O)N(C)C(C)c2ccc(F)c(F)c2)s1. The molecule has 0 N–H and O–H groups in total. The van der Waals surface area contributed by atoms with Crippen molar-refractivity contribution in [3.63, 3.8) is 0 Å². The van der Waals surface area contributed by atoms with Crippen LogP contribution in [0.3, 0.4) is 0 Å². The number of ketones is 1. The van der Waals surface area contributed by atoms with Gasteiger partial charge in [0.1, 0.15) is 0 Å². The van der Waals surface area contributed by atoms with Crippen LogP contribution < -0.4 is 0 Å². The fourth-order valence-electron chi connectivity index (χ4n) is 2.32. The summed E-state index contributed by atoms with van der Waals surface area (Å²) in [6.07, 6.45) is 0.216. The minimum absolute atomic E-state index is 0.0599. The monoisotopic (exact) mass is 351 g/mol. The summed E-state index contributed by atoms with van der Waals surface area (Å²) in [7, 11) is 1.59. The summed E-state index contributed by atoms with van der Waals surface area (Å²) in [5, 5.41) is 0. The van der Waals surface area contributed by atoms with E-state index in [0.29, 0.717) is 10.4 Å². The topological polar surface area (TPSA) is 37.4 Å². The van der Waals surface area contributed by atoms with E-state index in [-0.39, 0.29) is 24.5 Å². The fraction of sp³-hybridized carbons (Fsp3) is 0.333. The summed E-state index contributed by atoms with van der Waals surface area (Å²) < 4.78 is 26.3. The van der Waals surface area contributed by atoms with Crippen molar-refractivity contribution in [3.05, 3.63) is 57.3 Å². The number of Topliss-reactive ketones (excluding diaryl/α,β-unsaturated/α-hetero) is 1. The van der Waals surface area contributed by atoms with E-state index in [0.717, 1.165) is 17.0 Å². The third kappa shape index (κ3) is 4.26. The van der Waals surface area contributed by atoms with Gasteiger partial charge in [-0.05, 0) is 43.7 Å². The highest BCUT2D eigenvalue weighted by molar-refractivity contribution is 7.14. The van der Waals surface area contributed by atoms with Crippen LogP contribution >= 0.6 is 11.3 Å². The number of rotatable bonds is 6. The molecular formula is C18H19F2NO2S. The van der Waals surface area contributed by atoms with Gasteiger partial charge in [0.15, 0.2) is 17.4 Å². The molecule has 24 heavy (non-hydrogen) atoms. The lowest BCUT2D eigenvalue weighted by molar-refractivity contribution is -0.131. The van der Waals surface area contributed by atoms with Crippen molar-refractivity contribution in [2.24, 2.45) is 0 Å². The second-order valence-electron chi connectivity index (χ2n) is 5.69. The number of hydrogen-bond donors (Lipinski definition) is 0. The number of hydrogen-bond acceptors (Lipinski definition) is 3. The minimum Gasteiger partial charge on any atom is -0.339 e. The van der Waals surface area contributed by atoms with Gasteiger partial charge in [0, 0.05) is 24.8 Å². The highest BCUT2D eigenvalue weighted by Gasteiger charge is 2.20. The van der Waals surface area contributed by atoms with Crippen molar-refractivity contribution in [2.45, 2.75) is 32.7 Å². The van der Waals surface area contributed by atoms with Crippen molar-refractivity contribution in [2.75, 3.05) is 7.05 Å². The van der Waals surface area contributed by atoms with E-state index >= 15 is 0 Å². The standard InChI is InChI=1S/C18H19F2NO2S/c1-11-4-8-17(24-11)16(22)7-9-18(23)21(3)12(2)13-5-6-14(19)15(20)10-13/h4-6,8,10,12H,7,9H2,1-3H3. The first-order valence-electron chi connectivity index (χ1n) is 7.60. The number of aryl methyl sites for hydroxylation is 1. The van der Waals surface area contributed by atoms with Gasteiger partial charge in [-0.15, -0.1) is 11.3 Å². The predicted octanol–water partition coefficient (Wildman–Crippen LogP) is 4.52. The van der Waals surface area contributed by atoms with Crippen LogP contribution in [0.15, 0.2) is 30.3 Å². The summed E-state index contributed by atoms with van der Waals surface area (Å²) >= 11 is 1.41. The number of carbonyl (C=O) groups excluding carboxylic acids is 2. The second-order valence-corrected chi connectivity index (χ2v) is 6.98. The Kier molecular flexibility index (Phi) is 5.83. The molecule has 128 valence electrons. The van der Waals surface area contributed by atoms with E-state index in [1.165, 1.54) is 22.3 Å². The van der Waals surface area contributed by atoms with E-state index in [1.807, 2.05) is 13.0 Å². The molecule has 1 aromatic carbocycles. The molecule has 1 amide bonds. The van der Waals surface area contributed by atoms with Crippen LogP contribution in [0.4, 0.5) is 8.78 Å². The first-order valence-corrected chi connectivity index (χ1v) is 8.41. The zero-order valence-electron chi connectivity index (χ0n) is 13.8. The molecule has 0 radical (unpaired) electrons. The van der Waals surface area contributed by atoms with Gasteiger partial charge in [-0.2, -0.15) is 0 Å². The normalized spacial score (nSPS) is 12.0. The molecular weight excluding hydrogens is 332 g/mol. The van der Waals surface area contributed by atoms with Crippen LogP contribution in [0.2, 0.25) is 0 Å². The van der Waals surface area contributed by atoms with Crippen molar-refractivity contribution >= 4 is 23.0 Å². The van der Waals surface area contributed by atoms with Gasteiger partial charge in [-0.25, -0.2) is 8.78 Å². The Bertz CT molecular complexity index is 757. The Hall–Kier alpha value is -2.08. The lowest BCUT2D eigenvalue weighted by Gasteiger charge is -2.25. The summed E-state index contributed by atoms with van der Waals surface area (Å²) in [5.74, 6) is -2.13. The van der Waals surface area contributed by atoms with E-state index < -0.39 is 17.7 Å². The van der Waals surface area contributed by atoms with Gasteiger partial charge >= 0.3 is 0 Å². The Morgan fingerprint density at radius 1 is 1.12 bits per heavy atom. The molecule has 1 atom stereocenters. The molecule has 0 spiro atoms. The fourth-order valence-corrected chi connectivity index (χ4v) is 3.15. The third-order valence-corrected chi connectivity index (χ3v) is 5.02. The zero-order valence-corrected chi connectivity index (χ0v) is 14.6. The summed E-state index contributed by atoms with van der Waals surface area (Å²) in [4.78, 5) is 27.5. The number of carbonyl (C=O) groups is 2. The predicted molar refractivity (Wildman–Crippen MR) is 90.2 cm³/mol. The van der Waals surface area contributed by atoms with E-state index in [2.05, 4.69) is 0 Å². The number of benzene rings is 1. The molecule has 1 aromatic heterocycles. The minimum atomic E-state index is -0.941. The first-order chi connectivity index (χ1) is 11.3. The smallest absolute Gasteiger partial charge is 0.223 e. The van der Waals surface area contributed by atoms with Crippen molar-refractivity contribution in [3.8, 4) is 0 Å². The van der Waals surface area contributed by atoms with Gasteiger partial charge in [-0.1, -0.05) is 6.07 Å². The maximum absolute atomic E-state index is 13.3. The Morgan fingerprint density at radius 2 is 1.83 bits per heavy atom. The van der Waals surface area contributed by atoms with Crippen molar-refractivity contribution < 1.29 is 18.4 Å². The highest BCUT2D eigenvalue weighted by Crippen LogP contribution is 2.22. The van der Waals surface area contributed by atoms with Crippen LogP contribution in [0, 0.1) is 18.6 Å². The van der Waals surface area contributed by atoms with Crippen LogP contribution in [-0.2, 0) is 4.79 Å². The molecule has 6 heteroatoms. The second kappa shape index (κ2) is 7.66. The molecule has 3 nitrogen and oxygen atoms in total. The average Bonchev–Trinajstić information content (AvgIpc) is 3.00. The van der Waals surface area contributed by atoms with Gasteiger partial charge < -0.3 is 4.90 Å². The third-order valence-electron chi connectivity index (χ3n) is 3.98. The number of amides is 1. The van der Waals surface area contributed by atoms with E-state index in [4.69, 9.17) is 0 Å². The Morgan fingerprint density at radius 3 is 2.42 bits per heavy atom. The van der Waals surface area contributed by atoms with Crippen molar-refractivity contribution in [1.82, 2.24) is 4.90 Å². The average molecular weight is 351 g/mol. The zero-order chi connectivity index (χ0) is 17.9. The molecule has 1 unspecified atom stereocenters. The molecule has 2 aromatic rings. The molecule has 1 heterocycles. The molecule has 0 bridgehead atoms. The van der Waals surface area contributed by atoms with Gasteiger partial charge in [0.25, 0.3) is 0 Å². The molecule has 0 aliphatic carbocycles. The molecule has 2 rings (SSSR count). The van der Waals surface area contributed by atoms with Crippen molar-refractivity contribution in [1.29, 1.82) is 0 Å². The lowest BCUT2D eigenvalue weighted by atomic mass is 10.1. The first kappa shape index (κ1) is 18.3. The van der Waals surface area contributed by atoms with Crippen LogP contribution in [-0.4, -0.2) is 23.6 Å². The maximum atomic E-state index is 13.3. The number of halogens is 2. The highest BCUT2D eigenvalue weighted by atomic mass is 32.1. The Labute approximate surface area is 143 Å².